The van der Waals surface area contributed by atoms with Gasteiger partial charge in [0.2, 0.25) is 5.91 Å². The summed E-state index contributed by atoms with van der Waals surface area (Å²) in [6, 6.07) is -0.743. The first-order valence-electron chi connectivity index (χ1n) is 4.05. The maximum Gasteiger partial charge on any atom is 0.333 e. The van der Waals surface area contributed by atoms with Crippen LogP contribution in [0.5, 0.6) is 0 Å². The molecule has 0 N–H and O–H groups in total. The van der Waals surface area contributed by atoms with Crippen LogP contribution in [0.4, 0.5) is 4.79 Å². The second-order valence-corrected chi connectivity index (χ2v) is 2.99. The molecule has 0 atom stereocenters. The van der Waals surface area contributed by atoms with Crippen LogP contribution in [0.2, 0.25) is 0 Å². The van der Waals surface area contributed by atoms with Crippen molar-refractivity contribution in [2.45, 2.75) is 6.92 Å². The highest BCUT2D eigenvalue weighted by Crippen LogP contribution is 2.06. The Hall–Kier alpha value is -2.05. The standard InChI is InChI=1S/C8H9N3O4/c1-4(12)9-5-6(13)10(2)8(15)11(3)7(5)14/h1-3H3. The van der Waals surface area contributed by atoms with E-state index in [9.17, 15) is 19.2 Å². The van der Waals surface area contributed by atoms with Gasteiger partial charge in [0.25, 0.3) is 11.8 Å². The maximum absolute atomic E-state index is 11.4. The van der Waals surface area contributed by atoms with E-state index in [1.54, 1.807) is 0 Å². The Balaban J connectivity index is 3.19. The van der Waals surface area contributed by atoms with E-state index in [0.29, 0.717) is 0 Å². The average molecular weight is 211 g/mol. The molecule has 1 rings (SSSR count). The second kappa shape index (κ2) is 3.60. The third-order valence-electron chi connectivity index (χ3n) is 1.86. The number of hydrogen-bond acceptors (Lipinski definition) is 4. The van der Waals surface area contributed by atoms with Crippen LogP contribution in [-0.4, -0.2) is 53.4 Å². The Kier molecular flexibility index (Phi) is 2.65. The van der Waals surface area contributed by atoms with Crippen molar-refractivity contribution in [1.29, 1.82) is 0 Å². The number of barbiturate groups is 1. The Bertz CT molecular complexity index is 373. The SMILES string of the molecule is CC(=O)N=C1C(=O)N(C)C(=O)N(C)C1=O. The van der Waals surface area contributed by atoms with Gasteiger partial charge in [0.15, 0.2) is 5.71 Å². The number of nitrogens with zero attached hydrogens (tertiary/aromatic N) is 3. The van der Waals surface area contributed by atoms with Gasteiger partial charge < -0.3 is 0 Å². The molecule has 0 aromatic heterocycles. The average Bonchev–Trinajstić information content (AvgIpc) is 2.18. The van der Waals surface area contributed by atoms with E-state index in [2.05, 4.69) is 4.99 Å². The molecule has 0 bridgehead atoms. The number of carbonyl (C=O) groups is 4. The first-order valence-corrected chi connectivity index (χ1v) is 4.05. The number of urea groups is 1. The maximum atomic E-state index is 11.4. The molecule has 0 radical (unpaired) electrons. The molecule has 0 aromatic carbocycles. The minimum absolute atomic E-state index is 0.535. The summed E-state index contributed by atoms with van der Waals surface area (Å²) in [6.07, 6.45) is 0. The first-order chi connectivity index (χ1) is 6.86. The lowest BCUT2D eigenvalue weighted by Crippen LogP contribution is -2.57. The van der Waals surface area contributed by atoms with Gasteiger partial charge in [-0.3, -0.25) is 24.2 Å². The number of hydrogen-bond donors (Lipinski definition) is 0. The Morgan fingerprint density at radius 2 is 1.47 bits per heavy atom. The van der Waals surface area contributed by atoms with Gasteiger partial charge in [-0.15, -0.1) is 0 Å². The van der Waals surface area contributed by atoms with Crippen LogP contribution >= 0.6 is 0 Å². The van der Waals surface area contributed by atoms with Gasteiger partial charge >= 0.3 is 6.03 Å². The van der Waals surface area contributed by atoms with E-state index in [-0.39, 0.29) is 0 Å². The fraction of sp³-hybridized carbons (Fsp3) is 0.375. The summed E-state index contributed by atoms with van der Waals surface area (Å²) in [4.78, 5) is 49.5. The molecule has 0 aliphatic carbocycles. The van der Waals surface area contributed by atoms with E-state index in [1.165, 1.54) is 14.1 Å². The van der Waals surface area contributed by atoms with E-state index >= 15 is 0 Å². The molecule has 5 amide bonds. The zero-order valence-electron chi connectivity index (χ0n) is 8.47. The summed E-state index contributed by atoms with van der Waals surface area (Å²) in [7, 11) is 2.42. The lowest BCUT2D eigenvalue weighted by molar-refractivity contribution is -0.129. The summed E-state index contributed by atoms with van der Waals surface area (Å²) in [5.41, 5.74) is -0.535. The molecule has 1 aliphatic heterocycles. The largest absolute Gasteiger partial charge is 0.333 e. The number of aliphatic imine (C=N–C) groups is 1. The van der Waals surface area contributed by atoms with Crippen molar-refractivity contribution in [2.75, 3.05) is 14.1 Å². The fourth-order valence-electron chi connectivity index (χ4n) is 1.06. The molecule has 1 saturated heterocycles. The zero-order chi connectivity index (χ0) is 11.7. The second-order valence-electron chi connectivity index (χ2n) is 2.99. The number of imide groups is 2. The van der Waals surface area contributed by atoms with Crippen molar-refractivity contribution in [3.63, 3.8) is 0 Å². The summed E-state index contributed by atoms with van der Waals surface area (Å²) < 4.78 is 0. The van der Waals surface area contributed by atoms with Gasteiger partial charge in [-0.05, 0) is 0 Å². The minimum Gasteiger partial charge on any atom is -0.273 e. The van der Waals surface area contributed by atoms with Gasteiger partial charge in [-0.2, -0.15) is 0 Å². The smallest absolute Gasteiger partial charge is 0.273 e. The zero-order valence-corrected chi connectivity index (χ0v) is 8.47. The molecule has 0 unspecified atom stereocenters. The molecular formula is C8H9N3O4. The lowest BCUT2D eigenvalue weighted by atomic mass is 10.2. The predicted molar refractivity (Wildman–Crippen MR) is 49.1 cm³/mol. The van der Waals surface area contributed by atoms with Gasteiger partial charge in [0, 0.05) is 21.0 Å². The fourth-order valence-corrected chi connectivity index (χ4v) is 1.06. The van der Waals surface area contributed by atoms with Gasteiger partial charge in [0.1, 0.15) is 0 Å². The van der Waals surface area contributed by atoms with Crippen LogP contribution in [0.3, 0.4) is 0 Å². The third-order valence-corrected chi connectivity index (χ3v) is 1.86. The van der Waals surface area contributed by atoms with E-state index in [4.69, 9.17) is 0 Å². The van der Waals surface area contributed by atoms with Crippen molar-refractivity contribution >= 4 is 29.5 Å². The molecule has 80 valence electrons. The minimum atomic E-state index is -0.863. The highest BCUT2D eigenvalue weighted by Gasteiger charge is 2.39. The quantitative estimate of drug-likeness (QED) is 0.515. The molecule has 1 aliphatic rings. The van der Waals surface area contributed by atoms with Crippen molar-refractivity contribution in [2.24, 2.45) is 4.99 Å². The molecule has 1 fully saturated rings. The van der Waals surface area contributed by atoms with Crippen LogP contribution in [0.1, 0.15) is 6.92 Å². The highest BCUT2D eigenvalue weighted by atomic mass is 16.2. The van der Waals surface area contributed by atoms with Gasteiger partial charge in [-0.25, -0.2) is 9.79 Å². The Morgan fingerprint density at radius 3 is 1.80 bits per heavy atom. The number of carbonyl (C=O) groups excluding carboxylic acids is 4. The van der Waals surface area contributed by atoms with Crippen LogP contribution in [-0.2, 0) is 14.4 Å². The van der Waals surface area contributed by atoms with Crippen LogP contribution in [0.25, 0.3) is 0 Å². The summed E-state index contributed by atoms with van der Waals surface area (Å²) in [5.74, 6) is -2.39. The van der Waals surface area contributed by atoms with Gasteiger partial charge in [-0.1, -0.05) is 0 Å². The van der Waals surface area contributed by atoms with Gasteiger partial charge in [0.05, 0.1) is 0 Å². The van der Waals surface area contributed by atoms with Crippen LogP contribution in [0, 0.1) is 0 Å². The normalized spacial score (nSPS) is 17.3. The Morgan fingerprint density at radius 1 is 1.07 bits per heavy atom. The van der Waals surface area contributed by atoms with Crippen LogP contribution < -0.4 is 0 Å². The van der Waals surface area contributed by atoms with E-state index in [1.807, 2.05) is 0 Å². The molecule has 7 nitrogen and oxygen atoms in total. The lowest BCUT2D eigenvalue weighted by Gasteiger charge is -2.27. The van der Waals surface area contributed by atoms with Crippen LogP contribution in [0.15, 0.2) is 4.99 Å². The topological polar surface area (TPSA) is 87.1 Å². The number of rotatable bonds is 0. The summed E-state index contributed by atoms with van der Waals surface area (Å²) in [5, 5.41) is 0. The summed E-state index contributed by atoms with van der Waals surface area (Å²) in [6.45, 7) is 1.12. The van der Waals surface area contributed by atoms with Crippen molar-refractivity contribution in [1.82, 2.24) is 9.80 Å². The number of amides is 5. The molecule has 7 heteroatoms. The van der Waals surface area contributed by atoms with Crippen molar-refractivity contribution in [3.8, 4) is 0 Å². The molecular weight excluding hydrogens is 202 g/mol. The Labute approximate surface area is 85.3 Å². The molecule has 1 heterocycles. The molecule has 0 saturated carbocycles. The monoisotopic (exact) mass is 211 g/mol. The summed E-state index contributed by atoms with van der Waals surface area (Å²) >= 11 is 0. The van der Waals surface area contributed by atoms with Crippen molar-refractivity contribution in [3.05, 3.63) is 0 Å². The highest BCUT2D eigenvalue weighted by molar-refractivity contribution is 6.69. The molecule has 0 aromatic rings. The molecule has 15 heavy (non-hydrogen) atoms. The first kappa shape index (κ1) is 11.0. The van der Waals surface area contributed by atoms with E-state index in [0.717, 1.165) is 16.7 Å². The third kappa shape index (κ3) is 1.76. The van der Waals surface area contributed by atoms with Crippen molar-refractivity contribution < 1.29 is 19.2 Å². The van der Waals surface area contributed by atoms with E-state index < -0.39 is 29.5 Å². The molecule has 0 spiro atoms. The predicted octanol–water partition coefficient (Wildman–Crippen LogP) is -0.976.